The molecule has 0 saturated carbocycles. The van der Waals surface area contributed by atoms with Gasteiger partial charge in [0.25, 0.3) is 0 Å². The highest BCUT2D eigenvalue weighted by Crippen LogP contribution is 2.31. The highest BCUT2D eigenvalue weighted by atomic mass is 16.7. The Balaban J connectivity index is 1.48. The minimum Gasteiger partial charge on any atom is -0.394 e. The van der Waals surface area contributed by atoms with Crippen molar-refractivity contribution >= 4 is 17.7 Å². The fraction of sp³-hybridized carbons (Fsp3) is 0.912. The van der Waals surface area contributed by atoms with Gasteiger partial charge in [-0.3, -0.25) is 15.0 Å². The molecular formula is C34H63N5O19. The summed E-state index contributed by atoms with van der Waals surface area (Å²) in [6, 6.07) is -1.04. The number of urea groups is 1. The molecule has 16 N–H and O–H groups in total. The summed E-state index contributed by atoms with van der Waals surface area (Å²) >= 11 is 0. The zero-order chi connectivity index (χ0) is 42.9. The highest BCUT2D eigenvalue weighted by Gasteiger charge is 2.52. The number of hydrazine groups is 1. The Labute approximate surface area is 334 Å². The Hall–Kier alpha value is -2.31. The van der Waals surface area contributed by atoms with Gasteiger partial charge in [-0.2, -0.15) is 0 Å². The minimum absolute atomic E-state index is 0.0897. The second kappa shape index (κ2) is 25.5. The number of hydrogen-bond acceptors (Lipinski definition) is 21. The number of rotatable bonds is 24. The van der Waals surface area contributed by atoms with E-state index < -0.39 is 124 Å². The van der Waals surface area contributed by atoms with Gasteiger partial charge in [-0.15, -0.1) is 0 Å². The van der Waals surface area contributed by atoms with E-state index in [-0.39, 0.29) is 37.8 Å². The number of nitrogens with two attached hydrogens (primary N) is 1. The fourth-order valence-electron chi connectivity index (χ4n) is 6.36. The largest absolute Gasteiger partial charge is 0.394 e. The molecule has 24 nitrogen and oxygen atoms in total. The van der Waals surface area contributed by atoms with Gasteiger partial charge in [0.2, 0.25) is 5.91 Å². The van der Waals surface area contributed by atoms with Gasteiger partial charge in [0, 0.05) is 19.5 Å². The quantitative estimate of drug-likeness (QED) is 0.0317. The lowest BCUT2D eigenvalue weighted by Crippen LogP contribution is -2.65. The molecule has 0 aromatic carbocycles. The molecule has 3 heterocycles. The van der Waals surface area contributed by atoms with Crippen molar-refractivity contribution in [2.24, 2.45) is 5.73 Å². The van der Waals surface area contributed by atoms with Crippen LogP contribution in [0, 0.1) is 0 Å². The van der Waals surface area contributed by atoms with Gasteiger partial charge in [0.05, 0.1) is 32.5 Å². The summed E-state index contributed by atoms with van der Waals surface area (Å²) in [7, 11) is 0. The van der Waals surface area contributed by atoms with E-state index in [4.69, 9.17) is 34.2 Å². The normalized spacial score (nSPS) is 35.9. The molecule has 0 bridgehead atoms. The Bertz CT molecular complexity index is 1230. The Kier molecular flexibility index (Phi) is 22.0. The number of nitrogens with one attached hydrogen (secondary N) is 4. The summed E-state index contributed by atoms with van der Waals surface area (Å²) in [5, 5.41) is 108. The lowest BCUT2D eigenvalue weighted by Gasteiger charge is -2.46. The summed E-state index contributed by atoms with van der Waals surface area (Å²) in [4.78, 5) is 36.3. The van der Waals surface area contributed by atoms with E-state index >= 15 is 0 Å². The number of carbonyl (C=O) groups is 3. The van der Waals surface area contributed by atoms with Crippen molar-refractivity contribution in [3.05, 3.63) is 0 Å². The molecule has 3 rings (SSSR count). The SMILES string of the molecule is CC(=O)[C@H](CCCCN)NNC(=O)CCCCCNC(=O)NCCO[C@@H]1O[C@H](CO[C@H]2O[C@H](CO)[C@@H](O)[C@H](O)[C@@H]2O)[C@@H](O)[C@H](O[C@H]2O[C@H](CO)[C@@H](O)[C@H](O)[C@@H]2O)[C@@H]1O. The van der Waals surface area contributed by atoms with Crippen LogP contribution < -0.4 is 27.2 Å². The second-order valence-electron chi connectivity index (χ2n) is 14.4. The van der Waals surface area contributed by atoms with E-state index in [0.717, 1.165) is 12.8 Å². The maximum absolute atomic E-state index is 12.3. The molecule has 0 aromatic rings. The molecule has 0 radical (unpaired) electrons. The van der Waals surface area contributed by atoms with Crippen LogP contribution in [-0.4, -0.2) is 213 Å². The fourth-order valence-corrected chi connectivity index (χ4v) is 6.36. The van der Waals surface area contributed by atoms with E-state index in [1.165, 1.54) is 6.92 Å². The third kappa shape index (κ3) is 14.7. The molecule has 0 spiro atoms. The predicted octanol–water partition coefficient (Wildman–Crippen LogP) is -6.98. The molecule has 3 saturated heterocycles. The topological polar surface area (TPSA) is 383 Å². The minimum atomic E-state index is -1.91. The Morgan fingerprint density at radius 3 is 1.86 bits per heavy atom. The van der Waals surface area contributed by atoms with Gasteiger partial charge >= 0.3 is 6.03 Å². The van der Waals surface area contributed by atoms with Crippen LogP contribution >= 0.6 is 0 Å². The van der Waals surface area contributed by atoms with E-state index in [9.17, 15) is 65.4 Å². The molecule has 3 aliphatic heterocycles. The van der Waals surface area contributed by atoms with Crippen LogP contribution in [-0.2, 0) is 38.0 Å². The molecular weight excluding hydrogens is 782 g/mol. The average Bonchev–Trinajstić information content (AvgIpc) is 3.20. The molecule has 24 heteroatoms. The molecule has 3 fully saturated rings. The third-order valence-electron chi connectivity index (χ3n) is 9.91. The molecule has 338 valence electrons. The lowest BCUT2D eigenvalue weighted by molar-refractivity contribution is -0.365. The number of aliphatic hydroxyl groups excluding tert-OH is 10. The summed E-state index contributed by atoms with van der Waals surface area (Å²) in [6.45, 7) is -0.280. The number of Topliss-reactive ketones (excluding diaryl/α,β-unsaturated/α-hetero) is 1. The monoisotopic (exact) mass is 845 g/mol. The van der Waals surface area contributed by atoms with E-state index in [1.54, 1.807) is 0 Å². The second-order valence-corrected chi connectivity index (χ2v) is 14.4. The Morgan fingerprint density at radius 1 is 0.655 bits per heavy atom. The molecule has 3 aliphatic rings. The first-order valence-electron chi connectivity index (χ1n) is 19.4. The predicted molar refractivity (Wildman–Crippen MR) is 194 cm³/mol. The molecule has 3 amide bonds. The number of aliphatic hydroxyl groups is 10. The zero-order valence-electron chi connectivity index (χ0n) is 32.4. The van der Waals surface area contributed by atoms with Gasteiger partial charge in [0.15, 0.2) is 18.9 Å². The van der Waals surface area contributed by atoms with Crippen LogP contribution in [0.3, 0.4) is 0 Å². The van der Waals surface area contributed by atoms with Crippen molar-refractivity contribution in [2.45, 2.75) is 150 Å². The van der Waals surface area contributed by atoms with Gasteiger partial charge in [-0.1, -0.05) is 12.8 Å². The number of unbranched alkanes of at least 4 members (excludes halogenated alkanes) is 3. The lowest BCUT2D eigenvalue weighted by atomic mass is 9.96. The number of ketones is 1. The first-order chi connectivity index (χ1) is 27.6. The molecule has 0 unspecified atom stereocenters. The smallest absolute Gasteiger partial charge is 0.314 e. The zero-order valence-corrected chi connectivity index (χ0v) is 32.4. The molecule has 58 heavy (non-hydrogen) atoms. The van der Waals surface area contributed by atoms with Crippen LogP contribution in [0.5, 0.6) is 0 Å². The summed E-state index contributed by atoms with van der Waals surface area (Å²) < 4.78 is 33.2. The average molecular weight is 846 g/mol. The van der Waals surface area contributed by atoms with Crippen molar-refractivity contribution in [2.75, 3.05) is 46.1 Å². The van der Waals surface area contributed by atoms with Crippen molar-refractivity contribution < 1.29 is 93.9 Å². The van der Waals surface area contributed by atoms with Crippen molar-refractivity contribution in [1.82, 2.24) is 21.5 Å². The summed E-state index contributed by atoms with van der Waals surface area (Å²) in [6.07, 6.45) is -21.2. The van der Waals surface area contributed by atoms with Crippen molar-refractivity contribution in [1.29, 1.82) is 0 Å². The van der Waals surface area contributed by atoms with Gasteiger partial charge in [0.1, 0.15) is 79.0 Å². The van der Waals surface area contributed by atoms with Crippen LogP contribution in [0.2, 0.25) is 0 Å². The number of hydrogen-bond donors (Lipinski definition) is 15. The molecule has 0 aliphatic carbocycles. The van der Waals surface area contributed by atoms with Crippen LogP contribution in [0.15, 0.2) is 0 Å². The maximum atomic E-state index is 12.3. The maximum Gasteiger partial charge on any atom is 0.314 e. The number of carbonyl (C=O) groups excluding carboxylic acids is 3. The first-order valence-corrected chi connectivity index (χ1v) is 19.4. The molecule has 16 atom stereocenters. The highest BCUT2D eigenvalue weighted by molar-refractivity contribution is 5.82. The van der Waals surface area contributed by atoms with E-state index in [0.29, 0.717) is 32.2 Å². The number of amides is 3. The Morgan fingerprint density at radius 2 is 1.24 bits per heavy atom. The van der Waals surface area contributed by atoms with Gasteiger partial charge in [-0.25, -0.2) is 10.2 Å². The van der Waals surface area contributed by atoms with Crippen molar-refractivity contribution in [3.8, 4) is 0 Å². The standard InChI is InChI=1S/C34H63N5O19/c1-16(42)17(7-4-5-9-35)38-39-21(43)8-3-2-6-10-36-34(52)37-11-12-53-32-29(51)30(58-33-28(50)26(48)23(45)19(14-41)56-33)24(46)20(57-32)15-54-31-27(49)25(47)22(44)18(13-40)55-31/h17-20,22-33,38,40-41,44-51H,2-15,35H2,1H3,(H,39,43)(H2,36,37,52)/t17-,18+,19+,20+,22+,23+,24+,25-,26-,27-,28-,29-,30-,31-,32+,33+/m0/s1. The van der Waals surface area contributed by atoms with Gasteiger partial charge < -0.3 is 95.9 Å². The first kappa shape index (κ1) is 50.0. The number of ether oxygens (including phenoxy) is 6. The van der Waals surface area contributed by atoms with Crippen LogP contribution in [0.1, 0.15) is 51.9 Å². The third-order valence-corrected chi connectivity index (χ3v) is 9.91. The summed E-state index contributed by atoms with van der Waals surface area (Å²) in [5.74, 6) is -0.357. The molecule has 0 aromatic heterocycles. The van der Waals surface area contributed by atoms with E-state index in [2.05, 4.69) is 21.5 Å². The van der Waals surface area contributed by atoms with E-state index in [1.807, 2.05) is 0 Å². The summed E-state index contributed by atoms with van der Waals surface area (Å²) in [5.41, 5.74) is 10.8. The van der Waals surface area contributed by atoms with Crippen LogP contribution in [0.4, 0.5) is 4.79 Å². The van der Waals surface area contributed by atoms with Gasteiger partial charge in [-0.05, 0) is 39.2 Å². The van der Waals surface area contributed by atoms with Crippen molar-refractivity contribution in [3.63, 3.8) is 0 Å². The van der Waals surface area contributed by atoms with Crippen LogP contribution in [0.25, 0.3) is 0 Å².